The van der Waals surface area contributed by atoms with Crippen LogP contribution in [0.4, 0.5) is 0 Å². The summed E-state index contributed by atoms with van der Waals surface area (Å²) in [6, 6.07) is 0. The van der Waals surface area contributed by atoms with Crippen molar-refractivity contribution in [3.05, 3.63) is 11.2 Å². The molecular weight excluding hydrogens is 184 g/mol. The highest BCUT2D eigenvalue weighted by Crippen LogP contribution is 2.20. The summed E-state index contributed by atoms with van der Waals surface area (Å²) in [5.74, 6) is 0.375. The van der Waals surface area contributed by atoms with E-state index in [9.17, 15) is 0 Å². The van der Waals surface area contributed by atoms with E-state index in [0.717, 1.165) is 0 Å². The van der Waals surface area contributed by atoms with Crippen LogP contribution < -0.4 is 0 Å². The Morgan fingerprint density at radius 3 is 2.83 bits per heavy atom. The van der Waals surface area contributed by atoms with Gasteiger partial charge in [0.05, 0.1) is 19.8 Å². The number of halogens is 1. The molecule has 0 aromatic carbocycles. The van der Waals surface area contributed by atoms with E-state index >= 15 is 0 Å². The quantitative estimate of drug-likeness (QED) is 0.656. The van der Waals surface area contributed by atoms with E-state index in [4.69, 9.17) is 25.5 Å². The zero-order chi connectivity index (χ0) is 8.39. The molecule has 1 aliphatic heterocycles. The molecule has 1 aromatic heterocycles. The average Bonchev–Trinajstić information content (AvgIpc) is 2.54. The van der Waals surface area contributed by atoms with Crippen molar-refractivity contribution in [1.29, 1.82) is 0 Å². The van der Waals surface area contributed by atoms with Gasteiger partial charge in [0.15, 0.2) is 6.10 Å². The lowest BCUT2D eigenvalue weighted by molar-refractivity contribution is -0.0996. The van der Waals surface area contributed by atoms with E-state index in [1.165, 1.54) is 0 Å². The Balaban J connectivity index is 2.08. The Morgan fingerprint density at radius 1 is 1.33 bits per heavy atom. The zero-order valence-electron chi connectivity index (χ0n) is 6.20. The molecule has 1 aromatic rings. The molecular formula is C6H7ClN2O3. The maximum atomic E-state index is 5.44. The molecule has 0 bridgehead atoms. The number of hydrogen-bond donors (Lipinski definition) is 0. The average molecular weight is 191 g/mol. The van der Waals surface area contributed by atoms with E-state index in [1.54, 1.807) is 0 Å². The minimum Gasteiger partial charge on any atom is -0.409 e. The molecule has 1 unspecified atom stereocenters. The maximum Gasteiger partial charge on any atom is 0.312 e. The summed E-state index contributed by atoms with van der Waals surface area (Å²) in [6.45, 7) is 1.60. The normalized spacial score (nSPS) is 24.2. The SMILES string of the molecule is Clc1nnc(C2COCCO2)o1. The van der Waals surface area contributed by atoms with E-state index < -0.39 is 0 Å². The fraction of sp³-hybridized carbons (Fsp3) is 0.667. The second kappa shape index (κ2) is 3.38. The largest absolute Gasteiger partial charge is 0.409 e. The first kappa shape index (κ1) is 7.97. The van der Waals surface area contributed by atoms with Crippen LogP contribution in [0.25, 0.3) is 0 Å². The van der Waals surface area contributed by atoms with Crippen molar-refractivity contribution >= 4 is 11.6 Å². The van der Waals surface area contributed by atoms with Crippen LogP contribution >= 0.6 is 11.6 Å². The predicted octanol–water partition coefficient (Wildman–Crippen LogP) is 0.811. The summed E-state index contributed by atoms with van der Waals surface area (Å²) >= 11 is 5.44. The molecule has 0 amide bonds. The third-order valence-corrected chi connectivity index (χ3v) is 1.66. The van der Waals surface area contributed by atoms with Crippen LogP contribution in [-0.4, -0.2) is 30.0 Å². The van der Waals surface area contributed by atoms with E-state index in [1.807, 2.05) is 0 Å². The van der Waals surface area contributed by atoms with Gasteiger partial charge in [-0.1, -0.05) is 5.10 Å². The minimum absolute atomic E-state index is 0.0270. The lowest BCUT2D eigenvalue weighted by Crippen LogP contribution is -2.22. The van der Waals surface area contributed by atoms with Crippen LogP contribution in [0.2, 0.25) is 5.35 Å². The second-order valence-electron chi connectivity index (χ2n) is 2.33. The van der Waals surface area contributed by atoms with Gasteiger partial charge < -0.3 is 13.9 Å². The maximum absolute atomic E-state index is 5.44. The van der Waals surface area contributed by atoms with Crippen LogP contribution in [0, 0.1) is 0 Å². The van der Waals surface area contributed by atoms with Gasteiger partial charge in [-0.25, -0.2) is 0 Å². The van der Waals surface area contributed by atoms with Crippen molar-refractivity contribution in [3.8, 4) is 0 Å². The summed E-state index contributed by atoms with van der Waals surface area (Å²) in [6.07, 6.45) is -0.265. The Kier molecular flexibility index (Phi) is 2.25. The van der Waals surface area contributed by atoms with Crippen molar-refractivity contribution in [1.82, 2.24) is 10.2 Å². The van der Waals surface area contributed by atoms with Gasteiger partial charge in [-0.2, -0.15) is 0 Å². The number of rotatable bonds is 1. The van der Waals surface area contributed by atoms with Crippen LogP contribution in [0.1, 0.15) is 12.0 Å². The van der Waals surface area contributed by atoms with Crippen LogP contribution in [0.5, 0.6) is 0 Å². The molecule has 1 saturated heterocycles. The first-order chi connectivity index (χ1) is 5.86. The summed E-state index contributed by atoms with van der Waals surface area (Å²) in [4.78, 5) is 0. The first-order valence-corrected chi connectivity index (χ1v) is 3.92. The molecule has 5 nitrogen and oxygen atoms in total. The van der Waals surface area contributed by atoms with Crippen molar-refractivity contribution in [2.45, 2.75) is 6.10 Å². The molecule has 0 spiro atoms. The van der Waals surface area contributed by atoms with Crippen LogP contribution in [-0.2, 0) is 9.47 Å². The smallest absolute Gasteiger partial charge is 0.312 e. The van der Waals surface area contributed by atoms with Crippen molar-refractivity contribution in [3.63, 3.8) is 0 Å². The Bertz CT molecular complexity index is 259. The highest BCUT2D eigenvalue weighted by atomic mass is 35.5. The fourth-order valence-corrected chi connectivity index (χ4v) is 1.09. The molecule has 2 heterocycles. The number of hydrogen-bond acceptors (Lipinski definition) is 5. The van der Waals surface area contributed by atoms with E-state index in [2.05, 4.69) is 10.2 Å². The number of nitrogens with zero attached hydrogens (tertiary/aromatic N) is 2. The van der Waals surface area contributed by atoms with Gasteiger partial charge in [0.25, 0.3) is 0 Å². The third kappa shape index (κ3) is 1.57. The molecule has 66 valence electrons. The van der Waals surface area contributed by atoms with Gasteiger partial charge in [-0.3, -0.25) is 0 Å². The van der Waals surface area contributed by atoms with Gasteiger partial charge in [0.1, 0.15) is 0 Å². The monoisotopic (exact) mass is 190 g/mol. The van der Waals surface area contributed by atoms with Gasteiger partial charge in [0, 0.05) is 0 Å². The molecule has 0 radical (unpaired) electrons. The summed E-state index contributed by atoms with van der Waals surface area (Å²) in [5.41, 5.74) is 0. The predicted molar refractivity (Wildman–Crippen MR) is 38.8 cm³/mol. The third-order valence-electron chi connectivity index (χ3n) is 1.51. The molecule has 2 rings (SSSR count). The molecule has 1 atom stereocenters. The highest BCUT2D eigenvalue weighted by molar-refractivity contribution is 6.27. The van der Waals surface area contributed by atoms with E-state index in [0.29, 0.717) is 25.7 Å². The van der Waals surface area contributed by atoms with E-state index in [-0.39, 0.29) is 11.5 Å². The summed E-state index contributed by atoms with van der Waals surface area (Å²) < 4.78 is 15.4. The molecule has 1 fully saturated rings. The Hall–Kier alpha value is -0.650. The first-order valence-electron chi connectivity index (χ1n) is 3.54. The molecule has 0 aliphatic carbocycles. The van der Waals surface area contributed by atoms with Crippen molar-refractivity contribution < 1.29 is 13.9 Å². The fourth-order valence-electron chi connectivity index (χ4n) is 0.976. The van der Waals surface area contributed by atoms with Crippen molar-refractivity contribution in [2.24, 2.45) is 0 Å². The summed E-state index contributed by atoms with van der Waals surface area (Å²) in [7, 11) is 0. The van der Waals surface area contributed by atoms with Gasteiger partial charge in [-0.05, 0) is 11.6 Å². The molecule has 6 heteroatoms. The zero-order valence-corrected chi connectivity index (χ0v) is 6.95. The van der Waals surface area contributed by atoms with Crippen LogP contribution in [0.3, 0.4) is 0 Å². The Labute approximate surface area is 73.6 Å². The second-order valence-corrected chi connectivity index (χ2v) is 2.65. The van der Waals surface area contributed by atoms with Crippen molar-refractivity contribution in [2.75, 3.05) is 19.8 Å². The van der Waals surface area contributed by atoms with Gasteiger partial charge in [-0.15, -0.1) is 5.10 Å². The molecule has 12 heavy (non-hydrogen) atoms. The van der Waals surface area contributed by atoms with Gasteiger partial charge >= 0.3 is 5.35 Å². The lowest BCUT2D eigenvalue weighted by Gasteiger charge is -2.19. The van der Waals surface area contributed by atoms with Gasteiger partial charge in [0.2, 0.25) is 5.89 Å². The van der Waals surface area contributed by atoms with Crippen LogP contribution in [0.15, 0.2) is 4.42 Å². The topological polar surface area (TPSA) is 57.4 Å². The highest BCUT2D eigenvalue weighted by Gasteiger charge is 2.22. The Morgan fingerprint density at radius 2 is 2.25 bits per heavy atom. The standard InChI is InChI=1S/C6H7ClN2O3/c7-6-9-8-5(12-6)4-3-10-1-2-11-4/h4H,1-3H2. The molecule has 0 saturated carbocycles. The minimum atomic E-state index is -0.265. The summed E-state index contributed by atoms with van der Waals surface area (Å²) in [5, 5.41) is 7.22. The number of ether oxygens (including phenoxy) is 2. The molecule has 1 aliphatic rings. The lowest BCUT2D eigenvalue weighted by atomic mass is 10.3. The molecule has 0 N–H and O–H groups in total. The number of aromatic nitrogens is 2.